The Bertz CT molecular complexity index is 154. The normalized spacial score (nSPS) is 16.4. The van der Waals surface area contributed by atoms with Gasteiger partial charge in [-0.1, -0.05) is 20.8 Å². The van der Waals surface area contributed by atoms with Gasteiger partial charge in [-0.25, -0.2) is 0 Å². The van der Waals surface area contributed by atoms with Crippen molar-refractivity contribution in [3.63, 3.8) is 0 Å². The number of methoxy groups -OCH3 is 2. The minimum Gasteiger partial charge on any atom is -0.385 e. The first-order valence-corrected chi connectivity index (χ1v) is 5.67. The van der Waals surface area contributed by atoms with Gasteiger partial charge < -0.3 is 14.8 Å². The molecule has 3 heteroatoms. The molecule has 0 aliphatic carbocycles. The molecule has 0 spiro atoms. The molecule has 0 amide bonds. The summed E-state index contributed by atoms with van der Waals surface area (Å²) in [7, 11) is 3.51. The predicted molar refractivity (Wildman–Crippen MR) is 64.2 cm³/mol. The summed E-state index contributed by atoms with van der Waals surface area (Å²) in [4.78, 5) is 0. The molecular weight excluding hydrogens is 190 g/mol. The van der Waals surface area contributed by atoms with Crippen molar-refractivity contribution in [2.45, 2.75) is 46.3 Å². The van der Waals surface area contributed by atoms with Crippen molar-refractivity contribution in [3.8, 4) is 0 Å². The number of hydrogen-bond donors (Lipinski definition) is 1. The van der Waals surface area contributed by atoms with Gasteiger partial charge in [-0.2, -0.15) is 0 Å². The maximum absolute atomic E-state index is 5.48. The summed E-state index contributed by atoms with van der Waals surface area (Å²) in [6.45, 7) is 10.5. The Morgan fingerprint density at radius 2 is 1.80 bits per heavy atom. The van der Waals surface area contributed by atoms with E-state index >= 15 is 0 Å². The summed E-state index contributed by atoms with van der Waals surface area (Å²) in [6, 6.07) is 0.477. The largest absolute Gasteiger partial charge is 0.385 e. The fraction of sp³-hybridized carbons (Fsp3) is 1.00. The lowest BCUT2D eigenvalue weighted by Crippen LogP contribution is -2.41. The second-order valence-corrected chi connectivity index (χ2v) is 5.18. The molecule has 0 heterocycles. The van der Waals surface area contributed by atoms with Crippen molar-refractivity contribution >= 4 is 0 Å². The summed E-state index contributed by atoms with van der Waals surface area (Å²) in [5, 5.41) is 3.47. The molecule has 0 fully saturated rings. The van der Waals surface area contributed by atoms with E-state index in [-0.39, 0.29) is 11.5 Å². The Kier molecular flexibility index (Phi) is 7.14. The zero-order valence-electron chi connectivity index (χ0n) is 11.1. The van der Waals surface area contributed by atoms with Gasteiger partial charge in [-0.3, -0.25) is 0 Å². The molecule has 1 N–H and O–H groups in total. The summed E-state index contributed by atoms with van der Waals surface area (Å²) < 4.78 is 10.5. The van der Waals surface area contributed by atoms with Gasteiger partial charge >= 0.3 is 0 Å². The standard InChI is InChI=1S/C12H27NO2/c1-10(7-8-14-5)13-9-11(15-6)12(2,3)4/h10-11,13H,7-9H2,1-6H3. The van der Waals surface area contributed by atoms with Crippen molar-refractivity contribution in [2.75, 3.05) is 27.4 Å². The summed E-state index contributed by atoms with van der Waals surface area (Å²) in [5.74, 6) is 0. The van der Waals surface area contributed by atoms with E-state index in [1.165, 1.54) is 0 Å². The lowest BCUT2D eigenvalue weighted by atomic mass is 9.89. The van der Waals surface area contributed by atoms with E-state index < -0.39 is 0 Å². The zero-order valence-corrected chi connectivity index (χ0v) is 11.1. The maximum Gasteiger partial charge on any atom is 0.0743 e. The number of hydrogen-bond acceptors (Lipinski definition) is 3. The molecule has 3 nitrogen and oxygen atoms in total. The molecule has 0 rings (SSSR count). The van der Waals surface area contributed by atoms with Crippen LogP contribution in [0, 0.1) is 5.41 Å². The van der Waals surface area contributed by atoms with Gasteiger partial charge in [-0.05, 0) is 18.8 Å². The van der Waals surface area contributed by atoms with Gasteiger partial charge in [0.15, 0.2) is 0 Å². The van der Waals surface area contributed by atoms with E-state index in [9.17, 15) is 0 Å². The van der Waals surface area contributed by atoms with Crippen molar-refractivity contribution in [3.05, 3.63) is 0 Å². The Balaban J connectivity index is 3.80. The summed E-state index contributed by atoms with van der Waals surface area (Å²) in [5.41, 5.74) is 0.183. The quantitative estimate of drug-likeness (QED) is 0.708. The third-order valence-corrected chi connectivity index (χ3v) is 2.66. The number of ether oxygens (including phenoxy) is 2. The fourth-order valence-corrected chi connectivity index (χ4v) is 1.45. The Hall–Kier alpha value is -0.120. The first-order chi connectivity index (χ1) is 6.91. The van der Waals surface area contributed by atoms with E-state index in [2.05, 4.69) is 33.0 Å². The van der Waals surface area contributed by atoms with Crippen LogP contribution in [0.25, 0.3) is 0 Å². The Labute approximate surface area is 94.5 Å². The van der Waals surface area contributed by atoms with E-state index in [1.54, 1.807) is 14.2 Å². The molecule has 0 aromatic heterocycles. The molecule has 0 aromatic carbocycles. The monoisotopic (exact) mass is 217 g/mol. The summed E-state index contributed by atoms with van der Waals surface area (Å²) in [6.07, 6.45) is 1.29. The first kappa shape index (κ1) is 14.9. The van der Waals surface area contributed by atoms with Crippen LogP contribution in [-0.2, 0) is 9.47 Å². The van der Waals surface area contributed by atoms with Gasteiger partial charge in [0, 0.05) is 33.4 Å². The van der Waals surface area contributed by atoms with Crippen LogP contribution in [0.5, 0.6) is 0 Å². The molecule has 92 valence electrons. The van der Waals surface area contributed by atoms with Gasteiger partial charge in [0.05, 0.1) is 6.10 Å². The van der Waals surface area contributed by atoms with Crippen LogP contribution in [0.1, 0.15) is 34.1 Å². The highest BCUT2D eigenvalue weighted by Gasteiger charge is 2.24. The lowest BCUT2D eigenvalue weighted by Gasteiger charge is -2.30. The molecule has 0 radical (unpaired) electrons. The molecular formula is C12H27NO2. The number of rotatable bonds is 7. The molecule has 0 aliphatic heterocycles. The van der Waals surface area contributed by atoms with Gasteiger partial charge in [0.25, 0.3) is 0 Å². The van der Waals surface area contributed by atoms with Gasteiger partial charge in [0.1, 0.15) is 0 Å². The van der Waals surface area contributed by atoms with Crippen LogP contribution in [0.15, 0.2) is 0 Å². The van der Waals surface area contributed by atoms with E-state index in [1.807, 2.05) is 0 Å². The predicted octanol–water partition coefficient (Wildman–Crippen LogP) is 2.06. The average Bonchev–Trinajstić information content (AvgIpc) is 2.13. The van der Waals surface area contributed by atoms with Crippen LogP contribution >= 0.6 is 0 Å². The first-order valence-electron chi connectivity index (χ1n) is 5.67. The molecule has 2 atom stereocenters. The van der Waals surface area contributed by atoms with Gasteiger partial charge in [-0.15, -0.1) is 0 Å². The SMILES string of the molecule is COCCC(C)NCC(OC)C(C)(C)C. The van der Waals surface area contributed by atoms with Gasteiger partial charge in [0.2, 0.25) is 0 Å². The van der Waals surface area contributed by atoms with Crippen LogP contribution in [-0.4, -0.2) is 39.5 Å². The highest BCUT2D eigenvalue weighted by atomic mass is 16.5. The highest BCUT2D eigenvalue weighted by molar-refractivity contribution is 4.77. The average molecular weight is 217 g/mol. The van der Waals surface area contributed by atoms with E-state index in [4.69, 9.17) is 9.47 Å². The lowest BCUT2D eigenvalue weighted by molar-refractivity contribution is 0.0154. The van der Waals surface area contributed by atoms with Crippen molar-refractivity contribution in [2.24, 2.45) is 5.41 Å². The second-order valence-electron chi connectivity index (χ2n) is 5.18. The fourth-order valence-electron chi connectivity index (χ4n) is 1.45. The smallest absolute Gasteiger partial charge is 0.0743 e. The summed E-state index contributed by atoms with van der Waals surface area (Å²) >= 11 is 0. The minimum atomic E-state index is 0.183. The van der Waals surface area contributed by atoms with Crippen molar-refractivity contribution in [1.29, 1.82) is 0 Å². The molecule has 0 aliphatic rings. The zero-order chi connectivity index (χ0) is 11.9. The molecule has 15 heavy (non-hydrogen) atoms. The highest BCUT2D eigenvalue weighted by Crippen LogP contribution is 2.21. The van der Waals surface area contributed by atoms with Crippen LogP contribution in [0.2, 0.25) is 0 Å². The third kappa shape index (κ3) is 6.88. The Morgan fingerprint density at radius 3 is 2.20 bits per heavy atom. The van der Waals surface area contributed by atoms with Crippen LogP contribution in [0.4, 0.5) is 0 Å². The minimum absolute atomic E-state index is 0.183. The molecule has 0 saturated heterocycles. The number of nitrogens with one attached hydrogen (secondary N) is 1. The van der Waals surface area contributed by atoms with E-state index in [0.29, 0.717) is 6.04 Å². The molecule has 0 aromatic rings. The van der Waals surface area contributed by atoms with Crippen LogP contribution in [0.3, 0.4) is 0 Å². The van der Waals surface area contributed by atoms with Crippen molar-refractivity contribution < 1.29 is 9.47 Å². The maximum atomic E-state index is 5.48. The molecule has 0 bridgehead atoms. The van der Waals surface area contributed by atoms with Crippen LogP contribution < -0.4 is 5.32 Å². The molecule has 2 unspecified atom stereocenters. The second kappa shape index (κ2) is 7.20. The van der Waals surface area contributed by atoms with Crippen molar-refractivity contribution in [1.82, 2.24) is 5.32 Å². The van der Waals surface area contributed by atoms with E-state index in [0.717, 1.165) is 19.6 Å². The molecule has 0 saturated carbocycles. The Morgan fingerprint density at radius 1 is 1.20 bits per heavy atom. The third-order valence-electron chi connectivity index (χ3n) is 2.66. The topological polar surface area (TPSA) is 30.5 Å².